The fourth-order valence-corrected chi connectivity index (χ4v) is 6.16. The van der Waals surface area contributed by atoms with Gasteiger partial charge in [-0.05, 0) is 111 Å². The van der Waals surface area contributed by atoms with E-state index in [1.165, 1.54) is 16.7 Å². The Balaban J connectivity index is 1.24. The van der Waals surface area contributed by atoms with Gasteiger partial charge in [0, 0.05) is 24.1 Å². The molecule has 0 aliphatic heterocycles. The summed E-state index contributed by atoms with van der Waals surface area (Å²) in [5.41, 5.74) is 8.07. The van der Waals surface area contributed by atoms with Crippen LogP contribution in [0.5, 0.6) is 11.6 Å². The van der Waals surface area contributed by atoms with Gasteiger partial charge in [0.25, 0.3) is 0 Å². The number of aromatic nitrogens is 1. The Kier molecular flexibility index (Phi) is 7.61. The zero-order valence-corrected chi connectivity index (χ0v) is 23.4. The zero-order chi connectivity index (χ0) is 27.7. The predicted octanol–water partition coefficient (Wildman–Crippen LogP) is 6.71. The first-order chi connectivity index (χ1) is 18.8. The maximum Gasteiger partial charge on any atom is 0.309 e. The van der Waals surface area contributed by atoms with Crippen molar-refractivity contribution in [1.82, 2.24) is 4.98 Å². The summed E-state index contributed by atoms with van der Waals surface area (Å²) >= 11 is 0. The molecule has 0 radical (unpaired) electrons. The third-order valence-electron chi connectivity index (χ3n) is 7.89. The number of esters is 1. The second kappa shape index (κ2) is 11.1. The van der Waals surface area contributed by atoms with Crippen molar-refractivity contribution in [3.05, 3.63) is 76.5 Å². The van der Waals surface area contributed by atoms with Crippen molar-refractivity contribution in [1.29, 1.82) is 5.26 Å². The molecular formula is C33H36N2O4. The number of nitrogens with zero attached hydrogens (tertiary/aromatic N) is 2. The molecule has 6 nitrogen and oxygen atoms in total. The van der Waals surface area contributed by atoms with Crippen LogP contribution in [0.4, 0.5) is 0 Å². The predicted molar refractivity (Wildman–Crippen MR) is 149 cm³/mol. The van der Waals surface area contributed by atoms with Crippen molar-refractivity contribution in [3.63, 3.8) is 0 Å². The van der Waals surface area contributed by atoms with E-state index in [0.29, 0.717) is 31.4 Å². The molecule has 5 atom stereocenters. The lowest BCUT2D eigenvalue weighted by Crippen LogP contribution is -2.15. The number of carbonyl (C=O) groups excluding carboxylic acids is 1. The Morgan fingerprint density at radius 3 is 2.64 bits per heavy atom. The summed E-state index contributed by atoms with van der Waals surface area (Å²) in [6, 6.07) is 16.9. The van der Waals surface area contributed by atoms with E-state index in [0.717, 1.165) is 34.4 Å². The van der Waals surface area contributed by atoms with Gasteiger partial charge in [0.1, 0.15) is 12.4 Å². The van der Waals surface area contributed by atoms with Gasteiger partial charge in [-0.2, -0.15) is 5.26 Å². The zero-order valence-electron chi connectivity index (χ0n) is 23.4. The first kappa shape index (κ1) is 26.7. The lowest BCUT2D eigenvalue weighted by atomic mass is 9.94. The number of benzene rings is 2. The molecule has 202 valence electrons. The molecule has 6 heteroatoms. The van der Waals surface area contributed by atoms with Crippen LogP contribution in [0.3, 0.4) is 0 Å². The SMILES string of the molecule is CCOC(=O)C1C2Cc3cc(OCc4cccc(-c5c(C)cc(OC(C)CC(C)C#N)cc5C)c4)ncc3C21. The van der Waals surface area contributed by atoms with Crippen molar-refractivity contribution < 1.29 is 19.0 Å². The minimum absolute atomic E-state index is 0.00281. The first-order valence-corrected chi connectivity index (χ1v) is 13.8. The van der Waals surface area contributed by atoms with Gasteiger partial charge in [-0.15, -0.1) is 0 Å². The van der Waals surface area contributed by atoms with E-state index in [1.54, 1.807) is 0 Å². The second-order valence-corrected chi connectivity index (χ2v) is 11.0. The molecule has 1 fully saturated rings. The molecule has 1 saturated carbocycles. The topological polar surface area (TPSA) is 81.4 Å². The van der Waals surface area contributed by atoms with E-state index in [-0.39, 0.29) is 29.8 Å². The fraction of sp³-hybridized carbons (Fsp3) is 0.424. The van der Waals surface area contributed by atoms with Gasteiger partial charge < -0.3 is 14.2 Å². The lowest BCUT2D eigenvalue weighted by Gasteiger charge is -2.19. The summed E-state index contributed by atoms with van der Waals surface area (Å²) in [4.78, 5) is 16.7. The van der Waals surface area contributed by atoms with Crippen LogP contribution in [0.1, 0.15) is 60.9 Å². The van der Waals surface area contributed by atoms with E-state index in [4.69, 9.17) is 19.5 Å². The molecule has 0 bridgehead atoms. The number of hydrogen-bond donors (Lipinski definition) is 0. The number of fused-ring (bicyclic) bond motifs is 3. The summed E-state index contributed by atoms with van der Waals surface area (Å²) in [6.07, 6.45) is 3.43. The number of rotatable bonds is 10. The highest BCUT2D eigenvalue weighted by atomic mass is 16.5. The minimum Gasteiger partial charge on any atom is -0.491 e. The van der Waals surface area contributed by atoms with Gasteiger partial charge in [-0.1, -0.05) is 18.2 Å². The van der Waals surface area contributed by atoms with Crippen molar-refractivity contribution in [2.24, 2.45) is 17.8 Å². The maximum atomic E-state index is 12.1. The van der Waals surface area contributed by atoms with Crippen LogP contribution in [0.15, 0.2) is 48.7 Å². The third kappa shape index (κ3) is 5.63. The van der Waals surface area contributed by atoms with Crippen molar-refractivity contribution >= 4 is 5.97 Å². The highest BCUT2D eigenvalue weighted by Crippen LogP contribution is 2.61. The molecular weight excluding hydrogens is 488 g/mol. The highest BCUT2D eigenvalue weighted by molar-refractivity contribution is 5.79. The molecule has 0 saturated heterocycles. The highest BCUT2D eigenvalue weighted by Gasteiger charge is 2.60. The summed E-state index contributed by atoms with van der Waals surface area (Å²) in [5, 5.41) is 9.08. The van der Waals surface area contributed by atoms with Crippen LogP contribution in [0, 0.1) is 42.9 Å². The van der Waals surface area contributed by atoms with Gasteiger partial charge >= 0.3 is 5.97 Å². The first-order valence-electron chi connectivity index (χ1n) is 13.8. The number of aryl methyl sites for hydroxylation is 2. The maximum absolute atomic E-state index is 12.1. The van der Waals surface area contributed by atoms with E-state index < -0.39 is 0 Å². The Bertz CT molecular complexity index is 1400. The Morgan fingerprint density at radius 2 is 1.92 bits per heavy atom. The average Bonchev–Trinajstić information content (AvgIpc) is 3.49. The van der Waals surface area contributed by atoms with Crippen molar-refractivity contribution in [2.45, 2.75) is 66.1 Å². The van der Waals surface area contributed by atoms with Crippen molar-refractivity contribution in [3.8, 4) is 28.8 Å². The van der Waals surface area contributed by atoms with Gasteiger partial charge in [-0.3, -0.25) is 4.79 Å². The number of carbonyl (C=O) groups is 1. The largest absolute Gasteiger partial charge is 0.491 e. The summed E-state index contributed by atoms with van der Waals surface area (Å²) in [7, 11) is 0. The third-order valence-corrected chi connectivity index (χ3v) is 7.89. The Labute approximate surface area is 230 Å². The van der Waals surface area contributed by atoms with Gasteiger partial charge in [0.05, 0.1) is 24.7 Å². The van der Waals surface area contributed by atoms with E-state index >= 15 is 0 Å². The number of nitriles is 1. The van der Waals surface area contributed by atoms with E-state index in [1.807, 2.05) is 33.0 Å². The smallest absolute Gasteiger partial charge is 0.309 e. The standard InChI is InChI=1S/C33H36N2O4/c1-6-37-33(36)32-27-14-25-15-29(35-17-28(25)31(27)32)38-18-23-8-7-9-24(13-23)30-20(3)11-26(12-21(30)4)39-22(5)10-19(2)16-34/h7-9,11-13,15,17,19,22,27,31-32H,6,10,14,18H2,1-5H3. The van der Waals surface area contributed by atoms with Crippen LogP contribution in [0.2, 0.25) is 0 Å². The fourth-order valence-electron chi connectivity index (χ4n) is 6.16. The van der Waals surface area contributed by atoms with Crippen LogP contribution < -0.4 is 9.47 Å². The number of hydrogen-bond acceptors (Lipinski definition) is 6. The van der Waals surface area contributed by atoms with Crippen LogP contribution >= 0.6 is 0 Å². The van der Waals surface area contributed by atoms with Gasteiger partial charge in [-0.25, -0.2) is 4.98 Å². The normalized spacial score (nSPS) is 20.3. The average molecular weight is 525 g/mol. The summed E-state index contributed by atoms with van der Waals surface area (Å²) in [5.74, 6) is 1.93. The van der Waals surface area contributed by atoms with Crippen LogP contribution in [-0.4, -0.2) is 23.7 Å². The Morgan fingerprint density at radius 1 is 1.15 bits per heavy atom. The van der Waals surface area contributed by atoms with Crippen LogP contribution in [-0.2, 0) is 22.6 Å². The molecule has 1 aromatic heterocycles. The lowest BCUT2D eigenvalue weighted by molar-refractivity contribution is -0.145. The van der Waals surface area contributed by atoms with E-state index in [2.05, 4.69) is 61.3 Å². The molecule has 2 aliphatic rings. The molecule has 39 heavy (non-hydrogen) atoms. The molecule has 2 aromatic carbocycles. The molecule has 1 heterocycles. The minimum atomic E-state index is -0.0780. The quantitative estimate of drug-likeness (QED) is 0.274. The number of pyridine rings is 1. The number of ether oxygens (including phenoxy) is 3. The molecule has 5 rings (SSSR count). The molecule has 3 aromatic rings. The van der Waals surface area contributed by atoms with Crippen LogP contribution in [0.25, 0.3) is 11.1 Å². The van der Waals surface area contributed by atoms with Gasteiger partial charge in [0.2, 0.25) is 5.88 Å². The summed E-state index contributed by atoms with van der Waals surface area (Å²) in [6.45, 7) is 10.8. The molecule has 0 spiro atoms. The van der Waals surface area contributed by atoms with Crippen molar-refractivity contribution in [2.75, 3.05) is 6.61 Å². The second-order valence-electron chi connectivity index (χ2n) is 11.0. The molecule has 0 N–H and O–H groups in total. The molecule has 0 amide bonds. The Hall–Kier alpha value is -3.85. The molecule has 5 unspecified atom stereocenters. The summed E-state index contributed by atoms with van der Waals surface area (Å²) < 4.78 is 17.4. The van der Waals surface area contributed by atoms with E-state index in [9.17, 15) is 4.79 Å². The van der Waals surface area contributed by atoms with Gasteiger partial charge in [0.15, 0.2) is 0 Å². The molecule has 2 aliphatic carbocycles. The monoisotopic (exact) mass is 524 g/mol.